The number of halogens is 3. The Morgan fingerprint density at radius 3 is 2.58 bits per heavy atom. The number of oxime groups is 1. The summed E-state index contributed by atoms with van der Waals surface area (Å²) in [5.74, 6) is -1.28. The van der Waals surface area contributed by atoms with E-state index in [2.05, 4.69) is 5.16 Å². The van der Waals surface area contributed by atoms with E-state index in [4.69, 9.17) is 9.94 Å². The highest BCUT2D eigenvalue weighted by Crippen LogP contribution is 2.34. The molecular formula is C25H27F3N2O3. The Hall–Kier alpha value is -3.13. The molecule has 2 aromatic rings. The predicted molar refractivity (Wildman–Crippen MR) is 120 cm³/mol. The highest BCUT2D eigenvalue weighted by Gasteiger charge is 2.31. The Kier molecular flexibility index (Phi) is 7.92. The van der Waals surface area contributed by atoms with Crippen LogP contribution in [0, 0.1) is 13.8 Å². The highest BCUT2D eigenvalue weighted by atomic mass is 19.4. The monoisotopic (exact) mass is 460 g/mol. The van der Waals surface area contributed by atoms with Gasteiger partial charge in [-0.1, -0.05) is 41.6 Å². The molecule has 176 valence electrons. The third kappa shape index (κ3) is 6.44. The fraction of sp³-hybridized carbons (Fsp3) is 0.360. The van der Waals surface area contributed by atoms with Crippen molar-refractivity contribution in [3.05, 3.63) is 81.9 Å². The zero-order valence-electron chi connectivity index (χ0n) is 18.6. The van der Waals surface area contributed by atoms with Crippen molar-refractivity contribution in [2.75, 3.05) is 26.2 Å². The standard InChI is InChI=1S/C25H27F3N2O3/c1-17-6-3-4-8-21(17)23(22-10-9-20(14-18(22)2)25(26,27)28)15-29-33-13-12-30-11-5-7-19(16-30)24(31)32/h3-4,6-10,14-15,23H,5,11-13,16H2,1-2H3,(H,31,32)/b29-15-. The van der Waals surface area contributed by atoms with Crippen molar-refractivity contribution in [2.24, 2.45) is 5.16 Å². The van der Waals surface area contributed by atoms with E-state index in [0.29, 0.717) is 30.6 Å². The van der Waals surface area contributed by atoms with Crippen LogP contribution in [0.2, 0.25) is 0 Å². The summed E-state index contributed by atoms with van der Waals surface area (Å²) in [7, 11) is 0. The topological polar surface area (TPSA) is 62.1 Å². The first-order valence-corrected chi connectivity index (χ1v) is 10.7. The molecule has 5 nitrogen and oxygen atoms in total. The van der Waals surface area contributed by atoms with Gasteiger partial charge in [-0.25, -0.2) is 4.79 Å². The van der Waals surface area contributed by atoms with Gasteiger partial charge in [-0.3, -0.25) is 4.90 Å². The van der Waals surface area contributed by atoms with Gasteiger partial charge in [0.25, 0.3) is 0 Å². The largest absolute Gasteiger partial charge is 0.478 e. The van der Waals surface area contributed by atoms with Crippen LogP contribution in [0.3, 0.4) is 0 Å². The minimum absolute atomic E-state index is 0.274. The molecule has 3 rings (SSSR count). The van der Waals surface area contributed by atoms with Gasteiger partial charge in [0.05, 0.1) is 11.8 Å². The summed E-state index contributed by atoms with van der Waals surface area (Å²) in [6.45, 7) is 5.51. The van der Waals surface area contributed by atoms with Gasteiger partial charge in [-0.2, -0.15) is 13.2 Å². The number of alkyl halides is 3. The second kappa shape index (κ2) is 10.7. The van der Waals surface area contributed by atoms with Gasteiger partial charge in [0.2, 0.25) is 0 Å². The summed E-state index contributed by atoms with van der Waals surface area (Å²) in [6, 6.07) is 11.4. The lowest BCUT2D eigenvalue weighted by atomic mass is 9.86. The molecule has 0 aromatic heterocycles. The van der Waals surface area contributed by atoms with Crippen LogP contribution in [-0.4, -0.2) is 48.4 Å². The van der Waals surface area contributed by atoms with Crippen LogP contribution in [0.4, 0.5) is 13.2 Å². The van der Waals surface area contributed by atoms with Crippen molar-refractivity contribution >= 4 is 12.2 Å². The van der Waals surface area contributed by atoms with E-state index in [9.17, 15) is 18.0 Å². The minimum atomic E-state index is -4.40. The van der Waals surface area contributed by atoms with Crippen molar-refractivity contribution in [2.45, 2.75) is 32.4 Å². The van der Waals surface area contributed by atoms with E-state index in [1.807, 2.05) is 36.1 Å². The summed E-state index contributed by atoms with van der Waals surface area (Å²) in [5.41, 5.74) is 2.86. The number of carbonyl (C=O) groups is 1. The van der Waals surface area contributed by atoms with E-state index in [1.165, 1.54) is 6.07 Å². The Bertz CT molecular complexity index is 1050. The zero-order valence-corrected chi connectivity index (χ0v) is 18.6. The molecular weight excluding hydrogens is 433 g/mol. The number of hydrogen-bond acceptors (Lipinski definition) is 4. The van der Waals surface area contributed by atoms with Crippen LogP contribution in [-0.2, 0) is 15.8 Å². The second-order valence-electron chi connectivity index (χ2n) is 8.09. The predicted octanol–water partition coefficient (Wildman–Crippen LogP) is 5.17. The minimum Gasteiger partial charge on any atom is -0.478 e. The molecule has 1 aliphatic rings. The molecule has 0 saturated carbocycles. The normalized spacial score (nSPS) is 16.0. The third-order valence-corrected chi connectivity index (χ3v) is 5.74. The van der Waals surface area contributed by atoms with Crippen LogP contribution < -0.4 is 0 Å². The number of carboxylic acid groups (broad SMARTS) is 1. The van der Waals surface area contributed by atoms with E-state index < -0.39 is 17.7 Å². The Morgan fingerprint density at radius 1 is 1.18 bits per heavy atom. The number of aryl methyl sites for hydroxylation is 2. The van der Waals surface area contributed by atoms with Gasteiger partial charge in [-0.05, 0) is 54.7 Å². The van der Waals surface area contributed by atoms with Gasteiger partial charge >= 0.3 is 12.1 Å². The van der Waals surface area contributed by atoms with Gasteiger partial charge in [0, 0.05) is 31.1 Å². The average molecular weight is 460 g/mol. The summed E-state index contributed by atoms with van der Waals surface area (Å²) in [4.78, 5) is 18.6. The van der Waals surface area contributed by atoms with E-state index >= 15 is 0 Å². The van der Waals surface area contributed by atoms with E-state index in [0.717, 1.165) is 35.4 Å². The second-order valence-corrected chi connectivity index (χ2v) is 8.09. The van der Waals surface area contributed by atoms with Crippen molar-refractivity contribution in [1.29, 1.82) is 0 Å². The zero-order chi connectivity index (χ0) is 24.0. The Morgan fingerprint density at radius 2 is 1.91 bits per heavy atom. The van der Waals surface area contributed by atoms with Gasteiger partial charge < -0.3 is 9.94 Å². The van der Waals surface area contributed by atoms with Crippen molar-refractivity contribution < 1.29 is 27.9 Å². The lowest BCUT2D eigenvalue weighted by Gasteiger charge is -2.24. The maximum atomic E-state index is 13.1. The molecule has 1 aliphatic heterocycles. The van der Waals surface area contributed by atoms with Crippen LogP contribution in [0.1, 0.15) is 40.2 Å². The fourth-order valence-corrected chi connectivity index (χ4v) is 3.94. The van der Waals surface area contributed by atoms with Crippen molar-refractivity contribution in [3.63, 3.8) is 0 Å². The lowest BCUT2D eigenvalue weighted by Crippen LogP contribution is -2.34. The number of hydrogen-bond donors (Lipinski definition) is 1. The van der Waals surface area contributed by atoms with Gasteiger partial charge in [-0.15, -0.1) is 0 Å². The van der Waals surface area contributed by atoms with Crippen LogP contribution in [0.25, 0.3) is 0 Å². The molecule has 1 N–H and O–H groups in total. The molecule has 0 aliphatic carbocycles. The molecule has 0 bridgehead atoms. The van der Waals surface area contributed by atoms with Crippen LogP contribution in [0.15, 0.2) is 59.3 Å². The Balaban J connectivity index is 1.72. The van der Waals surface area contributed by atoms with Gasteiger partial charge in [0.1, 0.15) is 6.61 Å². The fourth-order valence-electron chi connectivity index (χ4n) is 3.94. The first-order valence-electron chi connectivity index (χ1n) is 10.7. The third-order valence-electron chi connectivity index (χ3n) is 5.74. The van der Waals surface area contributed by atoms with Crippen LogP contribution in [0.5, 0.6) is 0 Å². The summed E-state index contributed by atoms with van der Waals surface area (Å²) >= 11 is 0. The number of benzene rings is 2. The number of aliphatic carboxylic acids is 1. The lowest BCUT2D eigenvalue weighted by molar-refractivity contribution is -0.137. The molecule has 0 saturated heterocycles. The maximum Gasteiger partial charge on any atom is 0.416 e. The number of carboxylic acids is 1. The summed E-state index contributed by atoms with van der Waals surface area (Å²) in [5, 5.41) is 13.2. The SMILES string of the molecule is Cc1ccccc1C(/C=N\OCCN1CCC=C(C(=O)O)C1)c1ccc(C(F)(F)F)cc1C. The molecule has 1 atom stereocenters. The molecule has 0 amide bonds. The van der Waals surface area contributed by atoms with Crippen molar-refractivity contribution in [1.82, 2.24) is 4.90 Å². The molecule has 0 spiro atoms. The summed E-state index contributed by atoms with van der Waals surface area (Å²) in [6.07, 6.45) is -0.385. The van der Waals surface area contributed by atoms with Crippen molar-refractivity contribution in [3.8, 4) is 0 Å². The molecule has 33 heavy (non-hydrogen) atoms. The highest BCUT2D eigenvalue weighted by molar-refractivity contribution is 5.87. The molecule has 1 heterocycles. The maximum absolute atomic E-state index is 13.1. The molecule has 2 aromatic carbocycles. The molecule has 8 heteroatoms. The van der Waals surface area contributed by atoms with E-state index in [-0.39, 0.29) is 12.5 Å². The Labute approximate surface area is 191 Å². The van der Waals surface area contributed by atoms with E-state index in [1.54, 1.807) is 19.2 Å². The number of nitrogens with zero attached hydrogens (tertiary/aromatic N) is 2. The summed E-state index contributed by atoms with van der Waals surface area (Å²) < 4.78 is 39.3. The first kappa shape index (κ1) is 24.5. The first-order chi connectivity index (χ1) is 15.7. The molecule has 1 unspecified atom stereocenters. The molecule has 0 fully saturated rings. The van der Waals surface area contributed by atoms with Crippen LogP contribution >= 0.6 is 0 Å². The number of rotatable bonds is 8. The average Bonchev–Trinajstić information content (AvgIpc) is 2.77. The smallest absolute Gasteiger partial charge is 0.416 e. The molecule has 0 radical (unpaired) electrons. The quantitative estimate of drug-likeness (QED) is 0.335. The van der Waals surface area contributed by atoms with Gasteiger partial charge in [0.15, 0.2) is 0 Å².